The summed E-state index contributed by atoms with van der Waals surface area (Å²) in [6, 6.07) is 19.0. The number of primary sulfonamides is 1. The number of nitrogens with zero attached hydrogens (tertiary/aromatic N) is 5. The minimum atomic E-state index is -3.91. The van der Waals surface area contributed by atoms with E-state index in [1.165, 1.54) is 6.07 Å². The fraction of sp³-hybridized carbons (Fsp3) is 0.182. The Morgan fingerprint density at radius 1 is 1.03 bits per heavy atom. The number of hydrogen-bond donors (Lipinski definition) is 2. The summed E-state index contributed by atoms with van der Waals surface area (Å²) in [6.45, 7) is 3.07. The first-order chi connectivity index (χ1) is 15.5. The monoisotopic (exact) mass is 449 g/mol. The van der Waals surface area contributed by atoms with Crippen molar-refractivity contribution in [2.75, 3.05) is 11.4 Å². The Morgan fingerprint density at radius 2 is 1.84 bits per heavy atom. The highest BCUT2D eigenvalue weighted by molar-refractivity contribution is 7.89. The van der Waals surface area contributed by atoms with E-state index >= 15 is 0 Å². The summed E-state index contributed by atoms with van der Waals surface area (Å²) >= 11 is 0. The van der Waals surface area contributed by atoms with Crippen LogP contribution in [0.5, 0.6) is 0 Å². The summed E-state index contributed by atoms with van der Waals surface area (Å²) in [4.78, 5) is 6.25. The number of aromatic nitrogens is 5. The van der Waals surface area contributed by atoms with E-state index in [0.29, 0.717) is 24.7 Å². The molecule has 164 valence electrons. The lowest BCUT2D eigenvalue weighted by Gasteiger charge is -2.25. The fourth-order valence-electron chi connectivity index (χ4n) is 3.61. The highest BCUT2D eigenvalue weighted by atomic mass is 32.2. The topological polar surface area (TPSA) is 131 Å². The molecule has 2 aromatic carbocycles. The van der Waals surface area contributed by atoms with Crippen molar-refractivity contribution in [2.45, 2.75) is 24.8 Å². The lowest BCUT2D eigenvalue weighted by Crippen LogP contribution is -2.27. The van der Waals surface area contributed by atoms with Crippen LogP contribution in [0.2, 0.25) is 0 Å². The lowest BCUT2D eigenvalue weighted by molar-refractivity contribution is 0.596. The van der Waals surface area contributed by atoms with Crippen molar-refractivity contribution in [1.29, 1.82) is 0 Å². The molecule has 0 aliphatic rings. The molecular formula is C22H23N7O2S. The zero-order valence-corrected chi connectivity index (χ0v) is 18.3. The van der Waals surface area contributed by atoms with Crippen LogP contribution in [-0.2, 0) is 16.6 Å². The molecule has 10 heteroatoms. The Bertz CT molecular complexity index is 1290. The zero-order valence-electron chi connectivity index (χ0n) is 17.5. The Morgan fingerprint density at radius 3 is 2.53 bits per heavy atom. The molecule has 0 bridgehead atoms. The van der Waals surface area contributed by atoms with Crippen molar-refractivity contribution in [2.24, 2.45) is 5.14 Å². The van der Waals surface area contributed by atoms with Gasteiger partial charge in [0, 0.05) is 24.8 Å². The number of anilines is 1. The van der Waals surface area contributed by atoms with Gasteiger partial charge in [0.1, 0.15) is 10.7 Å². The van der Waals surface area contributed by atoms with Gasteiger partial charge in [0.15, 0.2) is 0 Å². The Labute approximate surface area is 186 Å². The first kappa shape index (κ1) is 21.6. The maximum Gasteiger partial charge on any atom is 0.241 e. The number of rotatable bonds is 8. The van der Waals surface area contributed by atoms with Crippen LogP contribution in [0.25, 0.3) is 22.5 Å². The van der Waals surface area contributed by atoms with Crippen LogP contribution in [0.4, 0.5) is 5.82 Å². The number of benzene rings is 2. The van der Waals surface area contributed by atoms with Gasteiger partial charge >= 0.3 is 0 Å². The van der Waals surface area contributed by atoms with Crippen LogP contribution in [0.1, 0.15) is 18.9 Å². The zero-order chi connectivity index (χ0) is 22.6. The normalized spacial score (nSPS) is 11.4. The van der Waals surface area contributed by atoms with Crippen LogP contribution in [0.15, 0.2) is 71.8 Å². The van der Waals surface area contributed by atoms with Crippen molar-refractivity contribution in [3.63, 3.8) is 0 Å². The molecule has 0 aliphatic carbocycles. The second-order valence-corrected chi connectivity index (χ2v) is 8.80. The van der Waals surface area contributed by atoms with Crippen LogP contribution in [-0.4, -0.2) is 40.6 Å². The third kappa shape index (κ3) is 4.66. The molecule has 0 saturated heterocycles. The number of nitrogens with one attached hydrogen (secondary N) is 1. The smallest absolute Gasteiger partial charge is 0.241 e. The van der Waals surface area contributed by atoms with Gasteiger partial charge in [-0.15, -0.1) is 10.2 Å². The van der Waals surface area contributed by atoms with Crippen LogP contribution in [0, 0.1) is 0 Å². The van der Waals surface area contributed by atoms with Gasteiger partial charge in [-0.1, -0.05) is 49.4 Å². The van der Waals surface area contributed by atoms with E-state index in [1.807, 2.05) is 60.4 Å². The van der Waals surface area contributed by atoms with Gasteiger partial charge in [-0.3, -0.25) is 0 Å². The number of hydrogen-bond acceptors (Lipinski definition) is 7. The van der Waals surface area contributed by atoms with E-state index in [9.17, 15) is 8.42 Å². The summed E-state index contributed by atoms with van der Waals surface area (Å²) < 4.78 is 24.2. The van der Waals surface area contributed by atoms with Crippen molar-refractivity contribution in [1.82, 2.24) is 25.6 Å². The number of pyridine rings is 1. The van der Waals surface area contributed by atoms with E-state index in [4.69, 9.17) is 5.14 Å². The van der Waals surface area contributed by atoms with Gasteiger partial charge < -0.3 is 4.90 Å². The Kier molecular flexibility index (Phi) is 6.24. The minimum Gasteiger partial charge on any atom is -0.351 e. The van der Waals surface area contributed by atoms with E-state index in [0.717, 1.165) is 28.7 Å². The predicted molar refractivity (Wildman–Crippen MR) is 122 cm³/mol. The number of tetrazole rings is 1. The van der Waals surface area contributed by atoms with Crippen LogP contribution in [0.3, 0.4) is 0 Å². The van der Waals surface area contributed by atoms with Crippen molar-refractivity contribution in [3.05, 3.63) is 72.4 Å². The number of aromatic amines is 1. The number of nitrogens with two attached hydrogens (primary N) is 1. The molecule has 3 N–H and O–H groups in total. The van der Waals surface area contributed by atoms with Crippen molar-refractivity contribution < 1.29 is 8.42 Å². The highest BCUT2D eigenvalue weighted by Crippen LogP contribution is 2.32. The molecule has 0 saturated carbocycles. The minimum absolute atomic E-state index is 0.00717. The highest BCUT2D eigenvalue weighted by Gasteiger charge is 2.21. The molecule has 0 radical (unpaired) electrons. The molecule has 4 rings (SSSR count). The van der Waals surface area contributed by atoms with Gasteiger partial charge in [-0.05, 0) is 46.5 Å². The summed E-state index contributed by atoms with van der Waals surface area (Å²) in [6.07, 6.45) is 2.37. The Hall–Kier alpha value is -3.63. The van der Waals surface area contributed by atoms with Crippen molar-refractivity contribution >= 4 is 15.8 Å². The largest absolute Gasteiger partial charge is 0.351 e. The predicted octanol–water partition coefficient (Wildman–Crippen LogP) is 2.99. The van der Waals surface area contributed by atoms with E-state index in [-0.39, 0.29) is 4.90 Å². The lowest BCUT2D eigenvalue weighted by atomic mass is 9.97. The summed E-state index contributed by atoms with van der Waals surface area (Å²) in [7, 11) is -3.91. The molecule has 0 fully saturated rings. The molecule has 4 aromatic rings. The average Bonchev–Trinajstić information content (AvgIpc) is 3.34. The second-order valence-electron chi connectivity index (χ2n) is 7.27. The van der Waals surface area contributed by atoms with Gasteiger partial charge in [-0.25, -0.2) is 18.5 Å². The van der Waals surface area contributed by atoms with Gasteiger partial charge in [0.25, 0.3) is 0 Å². The third-order valence-electron chi connectivity index (χ3n) is 4.98. The molecule has 2 heterocycles. The molecule has 2 aromatic heterocycles. The second kappa shape index (κ2) is 9.25. The molecule has 32 heavy (non-hydrogen) atoms. The third-order valence-corrected chi connectivity index (χ3v) is 5.91. The van der Waals surface area contributed by atoms with Gasteiger partial charge in [-0.2, -0.15) is 5.21 Å². The van der Waals surface area contributed by atoms with E-state index in [2.05, 4.69) is 25.6 Å². The SMILES string of the molecule is CCCN(Cc1ccc(-c2ccccc2)c(-c2nn[nH]n2)c1)c1ncccc1S(N)(=O)=O. The average molecular weight is 450 g/mol. The molecule has 0 aliphatic heterocycles. The van der Waals surface area contributed by atoms with Crippen molar-refractivity contribution in [3.8, 4) is 22.5 Å². The first-order valence-electron chi connectivity index (χ1n) is 10.1. The van der Waals surface area contributed by atoms with Gasteiger partial charge in [0.05, 0.1) is 0 Å². The van der Waals surface area contributed by atoms with E-state index in [1.54, 1.807) is 12.3 Å². The summed E-state index contributed by atoms with van der Waals surface area (Å²) in [5, 5.41) is 20.0. The number of H-pyrrole nitrogens is 1. The van der Waals surface area contributed by atoms with Gasteiger partial charge in [0.2, 0.25) is 15.8 Å². The van der Waals surface area contributed by atoms with E-state index < -0.39 is 10.0 Å². The maximum absolute atomic E-state index is 12.1. The maximum atomic E-state index is 12.1. The molecule has 0 unspecified atom stereocenters. The quantitative estimate of drug-likeness (QED) is 0.423. The molecular weight excluding hydrogens is 426 g/mol. The van der Waals surface area contributed by atoms with Crippen LogP contribution < -0.4 is 10.0 Å². The molecule has 0 spiro atoms. The molecule has 0 atom stereocenters. The number of sulfonamides is 1. The summed E-state index contributed by atoms with van der Waals surface area (Å²) in [5.41, 5.74) is 3.78. The summed E-state index contributed by atoms with van der Waals surface area (Å²) in [5.74, 6) is 0.820. The molecule has 9 nitrogen and oxygen atoms in total. The Balaban J connectivity index is 1.76. The molecule has 0 amide bonds. The fourth-order valence-corrected chi connectivity index (χ4v) is 4.32. The standard InChI is InChI=1S/C22H23N7O2S/c1-2-13-29(22-20(32(23,30)31)9-6-12-24-22)15-16-10-11-18(17-7-4-3-5-8-17)19(14-16)21-25-27-28-26-21/h3-12,14H,2,13,15H2,1H3,(H2,23,30,31)(H,25,26,27,28). The van der Waals surface area contributed by atoms with Crippen LogP contribution >= 0.6 is 0 Å². The first-order valence-corrected chi connectivity index (χ1v) is 11.7.